The van der Waals surface area contributed by atoms with Crippen LogP contribution in [0.4, 0.5) is 0 Å². The average Bonchev–Trinajstić information content (AvgIpc) is 2.05. The van der Waals surface area contributed by atoms with Crippen LogP contribution in [0.1, 0.15) is 0 Å². The zero-order chi connectivity index (χ0) is 7.40. The SMILES string of the molecule is COC1=NCC(C=O)C=C1. The van der Waals surface area contributed by atoms with E-state index in [2.05, 4.69) is 4.99 Å². The number of methoxy groups -OCH3 is 1. The number of aldehydes is 1. The van der Waals surface area contributed by atoms with E-state index in [1.807, 2.05) is 0 Å². The maximum absolute atomic E-state index is 10.2. The standard InChI is InChI=1S/C7H9NO2/c1-10-7-3-2-6(5-9)4-8-7/h2-3,5-6H,4H2,1H3. The van der Waals surface area contributed by atoms with Crippen molar-refractivity contribution in [2.45, 2.75) is 0 Å². The van der Waals surface area contributed by atoms with E-state index in [0.29, 0.717) is 12.4 Å². The number of hydrogen-bond donors (Lipinski definition) is 0. The fourth-order valence-corrected chi connectivity index (χ4v) is 0.736. The van der Waals surface area contributed by atoms with Gasteiger partial charge in [0.2, 0.25) is 5.90 Å². The van der Waals surface area contributed by atoms with Gasteiger partial charge in [0.05, 0.1) is 19.6 Å². The van der Waals surface area contributed by atoms with Crippen molar-refractivity contribution in [2.75, 3.05) is 13.7 Å². The molecule has 0 aliphatic carbocycles. The first-order valence-corrected chi connectivity index (χ1v) is 3.08. The summed E-state index contributed by atoms with van der Waals surface area (Å²) in [6, 6.07) is 0. The van der Waals surface area contributed by atoms with Crippen LogP contribution in [-0.2, 0) is 9.53 Å². The predicted molar refractivity (Wildman–Crippen MR) is 38.0 cm³/mol. The number of dihydropyridines is 1. The molecule has 54 valence electrons. The lowest BCUT2D eigenvalue weighted by Crippen LogP contribution is -2.11. The largest absolute Gasteiger partial charge is 0.481 e. The molecule has 0 aromatic heterocycles. The normalized spacial score (nSPS) is 23.7. The molecule has 0 aromatic rings. The zero-order valence-corrected chi connectivity index (χ0v) is 5.78. The van der Waals surface area contributed by atoms with Crippen LogP contribution in [0.25, 0.3) is 0 Å². The Morgan fingerprint density at radius 2 is 2.70 bits per heavy atom. The number of nitrogens with zero attached hydrogens (tertiary/aromatic N) is 1. The fourth-order valence-electron chi connectivity index (χ4n) is 0.736. The molecular formula is C7H9NO2. The van der Waals surface area contributed by atoms with Gasteiger partial charge < -0.3 is 9.53 Å². The Morgan fingerprint density at radius 3 is 3.10 bits per heavy atom. The Bertz CT molecular complexity index is 184. The van der Waals surface area contributed by atoms with Crippen molar-refractivity contribution in [1.29, 1.82) is 0 Å². The minimum atomic E-state index is -0.0566. The Balaban J connectivity index is 2.54. The second kappa shape index (κ2) is 3.15. The third kappa shape index (κ3) is 1.43. The highest BCUT2D eigenvalue weighted by atomic mass is 16.5. The second-order valence-corrected chi connectivity index (χ2v) is 2.04. The third-order valence-corrected chi connectivity index (χ3v) is 1.33. The van der Waals surface area contributed by atoms with E-state index in [1.54, 1.807) is 19.3 Å². The van der Waals surface area contributed by atoms with Gasteiger partial charge in [-0.3, -0.25) is 4.99 Å². The topological polar surface area (TPSA) is 38.7 Å². The van der Waals surface area contributed by atoms with Gasteiger partial charge in [-0.2, -0.15) is 0 Å². The van der Waals surface area contributed by atoms with Gasteiger partial charge in [0.15, 0.2) is 0 Å². The van der Waals surface area contributed by atoms with Crippen LogP contribution < -0.4 is 0 Å². The molecule has 1 unspecified atom stereocenters. The van der Waals surface area contributed by atoms with Crippen LogP contribution in [0, 0.1) is 5.92 Å². The summed E-state index contributed by atoms with van der Waals surface area (Å²) in [5, 5.41) is 0. The summed E-state index contributed by atoms with van der Waals surface area (Å²) in [5.74, 6) is 0.539. The Labute approximate surface area is 59.4 Å². The number of hydrogen-bond acceptors (Lipinski definition) is 3. The predicted octanol–water partition coefficient (Wildman–Crippen LogP) is 0.416. The molecule has 0 saturated heterocycles. The molecule has 1 atom stereocenters. The molecule has 0 spiro atoms. The quantitative estimate of drug-likeness (QED) is 0.494. The van der Waals surface area contributed by atoms with Crippen molar-refractivity contribution in [3.63, 3.8) is 0 Å². The number of ether oxygens (including phenoxy) is 1. The Kier molecular flexibility index (Phi) is 2.20. The van der Waals surface area contributed by atoms with E-state index in [9.17, 15) is 4.79 Å². The lowest BCUT2D eigenvalue weighted by atomic mass is 10.1. The number of rotatable bonds is 1. The minimum Gasteiger partial charge on any atom is -0.481 e. The summed E-state index contributed by atoms with van der Waals surface area (Å²) in [6.07, 6.45) is 4.38. The van der Waals surface area contributed by atoms with Crippen molar-refractivity contribution >= 4 is 12.2 Å². The van der Waals surface area contributed by atoms with Gasteiger partial charge in [-0.1, -0.05) is 6.08 Å². The molecule has 1 heterocycles. The molecule has 1 rings (SSSR count). The first-order chi connectivity index (χ1) is 4.86. The van der Waals surface area contributed by atoms with Gasteiger partial charge in [-0.05, 0) is 6.08 Å². The zero-order valence-electron chi connectivity index (χ0n) is 5.78. The van der Waals surface area contributed by atoms with Gasteiger partial charge in [-0.15, -0.1) is 0 Å². The van der Waals surface area contributed by atoms with Gasteiger partial charge in [0.1, 0.15) is 6.29 Å². The fraction of sp³-hybridized carbons (Fsp3) is 0.429. The molecule has 3 heteroatoms. The summed E-state index contributed by atoms with van der Waals surface area (Å²) in [7, 11) is 1.56. The van der Waals surface area contributed by atoms with E-state index in [0.717, 1.165) is 6.29 Å². The number of aliphatic imine (C=N–C) groups is 1. The van der Waals surface area contributed by atoms with Crippen LogP contribution in [0.3, 0.4) is 0 Å². The summed E-state index contributed by atoms with van der Waals surface area (Å²) >= 11 is 0. The summed E-state index contributed by atoms with van der Waals surface area (Å²) in [6.45, 7) is 0.517. The van der Waals surface area contributed by atoms with Gasteiger partial charge in [0.25, 0.3) is 0 Å². The van der Waals surface area contributed by atoms with E-state index < -0.39 is 0 Å². The van der Waals surface area contributed by atoms with E-state index in [-0.39, 0.29) is 5.92 Å². The maximum atomic E-state index is 10.2. The van der Waals surface area contributed by atoms with Crippen molar-refractivity contribution < 1.29 is 9.53 Å². The number of carbonyl (C=O) groups is 1. The van der Waals surface area contributed by atoms with Crippen LogP contribution >= 0.6 is 0 Å². The molecule has 0 N–H and O–H groups in total. The molecule has 0 saturated carbocycles. The van der Waals surface area contributed by atoms with Gasteiger partial charge in [0, 0.05) is 0 Å². The number of carbonyl (C=O) groups excluding carboxylic acids is 1. The Morgan fingerprint density at radius 1 is 1.90 bits per heavy atom. The van der Waals surface area contributed by atoms with Crippen LogP contribution in [0.2, 0.25) is 0 Å². The highest BCUT2D eigenvalue weighted by Crippen LogP contribution is 2.02. The van der Waals surface area contributed by atoms with Crippen molar-refractivity contribution in [3.8, 4) is 0 Å². The summed E-state index contributed by atoms with van der Waals surface area (Å²) < 4.78 is 4.83. The second-order valence-electron chi connectivity index (χ2n) is 2.04. The highest BCUT2D eigenvalue weighted by Gasteiger charge is 2.07. The van der Waals surface area contributed by atoms with Gasteiger partial charge in [-0.25, -0.2) is 0 Å². The van der Waals surface area contributed by atoms with Gasteiger partial charge >= 0.3 is 0 Å². The first kappa shape index (κ1) is 6.99. The Hall–Kier alpha value is -1.12. The average molecular weight is 139 g/mol. The molecule has 3 nitrogen and oxygen atoms in total. The van der Waals surface area contributed by atoms with E-state index in [1.165, 1.54) is 0 Å². The third-order valence-electron chi connectivity index (χ3n) is 1.33. The molecule has 1 aliphatic heterocycles. The molecule has 10 heavy (non-hydrogen) atoms. The van der Waals surface area contributed by atoms with E-state index >= 15 is 0 Å². The molecule has 0 aromatic carbocycles. The summed E-state index contributed by atoms with van der Waals surface area (Å²) in [4.78, 5) is 14.2. The van der Waals surface area contributed by atoms with Crippen LogP contribution in [0.5, 0.6) is 0 Å². The molecule has 0 amide bonds. The first-order valence-electron chi connectivity index (χ1n) is 3.08. The lowest BCUT2D eigenvalue weighted by Gasteiger charge is -2.07. The highest BCUT2D eigenvalue weighted by molar-refractivity contribution is 5.89. The van der Waals surface area contributed by atoms with Crippen molar-refractivity contribution in [3.05, 3.63) is 12.2 Å². The minimum absolute atomic E-state index is 0.0566. The van der Waals surface area contributed by atoms with Crippen LogP contribution in [-0.4, -0.2) is 25.8 Å². The van der Waals surface area contributed by atoms with Crippen LogP contribution in [0.15, 0.2) is 17.1 Å². The lowest BCUT2D eigenvalue weighted by molar-refractivity contribution is -0.109. The van der Waals surface area contributed by atoms with Crippen molar-refractivity contribution in [2.24, 2.45) is 10.9 Å². The molecule has 0 radical (unpaired) electrons. The summed E-state index contributed by atoms with van der Waals surface area (Å²) in [5.41, 5.74) is 0. The van der Waals surface area contributed by atoms with E-state index in [4.69, 9.17) is 4.74 Å². The van der Waals surface area contributed by atoms with Crippen molar-refractivity contribution in [1.82, 2.24) is 0 Å². The molecule has 1 aliphatic rings. The maximum Gasteiger partial charge on any atom is 0.207 e. The smallest absolute Gasteiger partial charge is 0.207 e. The molecule has 0 fully saturated rings. The molecule has 0 bridgehead atoms. The molecular weight excluding hydrogens is 130 g/mol. The monoisotopic (exact) mass is 139 g/mol.